The minimum atomic E-state index is -3.49. The first kappa shape index (κ1) is 18.9. The fourth-order valence-electron chi connectivity index (χ4n) is 3.39. The molecule has 2 aliphatic heterocycles. The van der Waals surface area contributed by atoms with Gasteiger partial charge in [-0.05, 0) is 30.5 Å². The predicted molar refractivity (Wildman–Crippen MR) is 96.3 cm³/mol. The molecule has 9 heteroatoms. The minimum Gasteiger partial charge on any atom is -0.497 e. The van der Waals surface area contributed by atoms with Gasteiger partial charge in [0.15, 0.2) is 0 Å². The maximum atomic E-state index is 12.3. The number of fused-ring (bicyclic) bond motifs is 1. The van der Waals surface area contributed by atoms with Gasteiger partial charge in [-0.15, -0.1) is 0 Å². The van der Waals surface area contributed by atoms with Crippen molar-refractivity contribution in [2.45, 2.75) is 25.0 Å². The van der Waals surface area contributed by atoms with Crippen molar-refractivity contribution in [2.24, 2.45) is 0 Å². The van der Waals surface area contributed by atoms with E-state index >= 15 is 0 Å². The number of rotatable bonds is 7. The summed E-state index contributed by atoms with van der Waals surface area (Å²) in [6.45, 7) is 1.03. The van der Waals surface area contributed by atoms with Crippen molar-refractivity contribution in [1.29, 1.82) is 0 Å². The van der Waals surface area contributed by atoms with Gasteiger partial charge in [-0.1, -0.05) is 12.1 Å². The molecular formula is C17H25N3O5S. The number of carbonyl (C=O) groups is 1. The van der Waals surface area contributed by atoms with Gasteiger partial charge in [-0.2, -0.15) is 17.0 Å². The summed E-state index contributed by atoms with van der Waals surface area (Å²) in [6.07, 6.45) is 0.866. The fourth-order valence-corrected chi connectivity index (χ4v) is 4.53. The van der Waals surface area contributed by atoms with E-state index in [-0.39, 0.29) is 25.2 Å². The van der Waals surface area contributed by atoms with Gasteiger partial charge >= 0.3 is 6.09 Å². The Morgan fingerprint density at radius 1 is 1.23 bits per heavy atom. The highest BCUT2D eigenvalue weighted by molar-refractivity contribution is 7.86. The Morgan fingerprint density at radius 2 is 1.92 bits per heavy atom. The molecule has 2 saturated heterocycles. The molecular weight excluding hydrogens is 358 g/mol. The van der Waals surface area contributed by atoms with E-state index in [1.807, 2.05) is 24.3 Å². The molecule has 0 N–H and O–H groups in total. The SMILES string of the molecule is COc1ccc(CCCN2C(=O)O[C@@H]3CN(S(=O)(=O)N(C)C)C[C@@H]32)cc1. The van der Waals surface area contributed by atoms with Crippen LogP contribution in [0.5, 0.6) is 5.75 Å². The molecule has 144 valence electrons. The molecule has 8 nitrogen and oxygen atoms in total. The second kappa shape index (κ2) is 7.42. The molecule has 2 fully saturated rings. The molecule has 0 saturated carbocycles. The van der Waals surface area contributed by atoms with Crippen LogP contribution >= 0.6 is 0 Å². The normalized spacial score (nSPS) is 23.4. The van der Waals surface area contributed by atoms with E-state index in [0.717, 1.165) is 24.2 Å². The Balaban J connectivity index is 1.57. The fraction of sp³-hybridized carbons (Fsp3) is 0.588. The third-order valence-corrected chi connectivity index (χ3v) is 6.78. The lowest BCUT2D eigenvalue weighted by Gasteiger charge is -2.24. The van der Waals surface area contributed by atoms with Crippen molar-refractivity contribution >= 4 is 16.3 Å². The third kappa shape index (κ3) is 3.65. The lowest BCUT2D eigenvalue weighted by Crippen LogP contribution is -2.43. The van der Waals surface area contributed by atoms with Gasteiger partial charge in [0.25, 0.3) is 10.2 Å². The van der Waals surface area contributed by atoms with Crippen molar-refractivity contribution in [3.05, 3.63) is 29.8 Å². The summed E-state index contributed by atoms with van der Waals surface area (Å²) in [5, 5.41) is 0. The Kier molecular flexibility index (Phi) is 5.40. The third-order valence-electron chi connectivity index (χ3n) is 4.90. The summed E-state index contributed by atoms with van der Waals surface area (Å²) in [5.41, 5.74) is 1.16. The Morgan fingerprint density at radius 3 is 2.54 bits per heavy atom. The molecule has 3 rings (SSSR count). The van der Waals surface area contributed by atoms with Crippen LogP contribution in [0.25, 0.3) is 0 Å². The number of carbonyl (C=O) groups excluding carboxylic acids is 1. The van der Waals surface area contributed by atoms with Gasteiger partial charge < -0.3 is 14.4 Å². The largest absolute Gasteiger partial charge is 0.497 e. The van der Waals surface area contributed by atoms with E-state index in [2.05, 4.69) is 0 Å². The minimum absolute atomic E-state index is 0.214. The van der Waals surface area contributed by atoms with Crippen molar-refractivity contribution in [3.8, 4) is 5.75 Å². The van der Waals surface area contributed by atoms with Gasteiger partial charge in [0.2, 0.25) is 0 Å². The molecule has 2 aliphatic rings. The number of nitrogens with zero attached hydrogens (tertiary/aromatic N) is 3. The Labute approximate surface area is 154 Å². The predicted octanol–water partition coefficient (Wildman–Crippen LogP) is 0.939. The van der Waals surface area contributed by atoms with E-state index in [4.69, 9.17) is 9.47 Å². The topological polar surface area (TPSA) is 79.4 Å². The maximum Gasteiger partial charge on any atom is 0.410 e. The number of methoxy groups -OCH3 is 1. The van der Waals surface area contributed by atoms with E-state index in [9.17, 15) is 13.2 Å². The summed E-state index contributed by atoms with van der Waals surface area (Å²) < 4.78 is 37.7. The van der Waals surface area contributed by atoms with Crippen LogP contribution in [0.2, 0.25) is 0 Å². The average Bonchev–Trinajstić information content (AvgIpc) is 3.14. The summed E-state index contributed by atoms with van der Waals surface area (Å²) in [4.78, 5) is 13.8. The summed E-state index contributed by atoms with van der Waals surface area (Å²) in [7, 11) is 1.14. The van der Waals surface area contributed by atoms with Crippen molar-refractivity contribution in [2.75, 3.05) is 40.8 Å². The smallest absolute Gasteiger partial charge is 0.410 e. The van der Waals surface area contributed by atoms with E-state index < -0.39 is 16.3 Å². The zero-order valence-electron chi connectivity index (χ0n) is 15.3. The van der Waals surface area contributed by atoms with Crippen molar-refractivity contribution < 1.29 is 22.7 Å². The highest BCUT2D eigenvalue weighted by atomic mass is 32.2. The van der Waals surface area contributed by atoms with Crippen LogP contribution in [0.1, 0.15) is 12.0 Å². The lowest BCUT2D eigenvalue weighted by molar-refractivity contribution is 0.128. The average molecular weight is 383 g/mol. The van der Waals surface area contributed by atoms with Gasteiger partial charge in [0.1, 0.15) is 11.9 Å². The standard InChI is InChI=1S/C17H25N3O5S/c1-18(2)26(22,23)19-11-15-16(12-19)25-17(21)20(15)10-4-5-13-6-8-14(24-3)9-7-13/h6-9,15-16H,4-5,10-12H2,1-3H3/t15-,16+/m0/s1. The number of benzene rings is 1. The van der Waals surface area contributed by atoms with Crippen LogP contribution in [0, 0.1) is 0 Å². The monoisotopic (exact) mass is 383 g/mol. The number of amides is 1. The number of hydrogen-bond acceptors (Lipinski definition) is 5. The molecule has 1 aromatic rings. The molecule has 0 bridgehead atoms. The number of hydrogen-bond donors (Lipinski definition) is 0. The van der Waals surface area contributed by atoms with Crippen LogP contribution < -0.4 is 4.74 Å². The number of aryl methyl sites for hydroxylation is 1. The van der Waals surface area contributed by atoms with Gasteiger partial charge in [0, 0.05) is 27.2 Å². The van der Waals surface area contributed by atoms with Crippen LogP contribution in [-0.4, -0.2) is 81.0 Å². The molecule has 1 amide bonds. The van der Waals surface area contributed by atoms with Gasteiger partial charge in [-0.3, -0.25) is 0 Å². The summed E-state index contributed by atoms with van der Waals surface area (Å²) in [5.74, 6) is 0.813. The molecule has 0 unspecified atom stereocenters. The second-order valence-electron chi connectivity index (χ2n) is 6.74. The zero-order chi connectivity index (χ0) is 18.9. The first-order valence-corrected chi connectivity index (χ1v) is 10.0. The van der Waals surface area contributed by atoms with E-state index in [1.54, 1.807) is 12.0 Å². The molecule has 1 aromatic carbocycles. The van der Waals surface area contributed by atoms with Crippen LogP contribution in [0.15, 0.2) is 24.3 Å². The molecule has 0 spiro atoms. The van der Waals surface area contributed by atoms with Crippen LogP contribution in [-0.2, 0) is 21.4 Å². The van der Waals surface area contributed by atoms with E-state index in [0.29, 0.717) is 6.54 Å². The molecule has 2 atom stereocenters. The Hall–Kier alpha value is -1.84. The van der Waals surface area contributed by atoms with Crippen molar-refractivity contribution in [1.82, 2.24) is 13.5 Å². The number of ether oxygens (including phenoxy) is 2. The summed E-state index contributed by atoms with van der Waals surface area (Å²) in [6, 6.07) is 7.62. The highest BCUT2D eigenvalue weighted by Crippen LogP contribution is 2.29. The van der Waals surface area contributed by atoms with Crippen LogP contribution in [0.4, 0.5) is 4.79 Å². The first-order valence-electron chi connectivity index (χ1n) is 8.60. The van der Waals surface area contributed by atoms with Crippen LogP contribution in [0.3, 0.4) is 0 Å². The quantitative estimate of drug-likeness (QED) is 0.700. The molecule has 0 aromatic heterocycles. The molecule has 2 heterocycles. The first-order chi connectivity index (χ1) is 12.3. The molecule has 26 heavy (non-hydrogen) atoms. The second-order valence-corrected chi connectivity index (χ2v) is 8.88. The summed E-state index contributed by atoms with van der Waals surface area (Å²) >= 11 is 0. The molecule has 0 radical (unpaired) electrons. The van der Waals surface area contributed by atoms with Gasteiger partial charge in [0.05, 0.1) is 19.7 Å². The molecule has 0 aliphatic carbocycles. The van der Waals surface area contributed by atoms with E-state index in [1.165, 1.54) is 22.7 Å². The Bertz CT molecular complexity index is 750. The van der Waals surface area contributed by atoms with Gasteiger partial charge in [-0.25, -0.2) is 4.79 Å². The lowest BCUT2D eigenvalue weighted by atomic mass is 10.1. The highest BCUT2D eigenvalue weighted by Gasteiger charge is 2.50. The van der Waals surface area contributed by atoms with Crippen molar-refractivity contribution in [3.63, 3.8) is 0 Å². The zero-order valence-corrected chi connectivity index (χ0v) is 16.1. The maximum absolute atomic E-state index is 12.3.